The summed E-state index contributed by atoms with van der Waals surface area (Å²) >= 11 is 0. The number of rotatable bonds is 12. The number of ether oxygens (including phenoxy) is 1. The number of hydrogen-bond acceptors (Lipinski definition) is 6. The molecule has 7 N–H and O–H groups in total. The van der Waals surface area contributed by atoms with E-state index in [1.54, 1.807) is 0 Å². The molecule has 2 aliphatic heterocycles. The van der Waals surface area contributed by atoms with E-state index < -0.39 is 18.3 Å². The molecule has 7 nitrogen and oxygen atoms in total. The Kier molecular flexibility index (Phi) is 12.3. The van der Waals surface area contributed by atoms with Crippen molar-refractivity contribution in [3.8, 4) is 0 Å². The Labute approximate surface area is 206 Å². The van der Waals surface area contributed by atoms with Gasteiger partial charge < -0.3 is 32.2 Å². The van der Waals surface area contributed by atoms with Crippen LogP contribution in [0.5, 0.6) is 0 Å². The van der Waals surface area contributed by atoms with Crippen molar-refractivity contribution >= 4 is 5.91 Å². The molecule has 0 aromatic heterocycles. The van der Waals surface area contributed by atoms with E-state index in [0.29, 0.717) is 19.6 Å². The van der Waals surface area contributed by atoms with E-state index in [1.807, 2.05) is 6.92 Å². The molecule has 2 rings (SSSR count). The fourth-order valence-corrected chi connectivity index (χ4v) is 6.08. The van der Waals surface area contributed by atoms with Gasteiger partial charge in [-0.3, -0.25) is 4.79 Å². The van der Waals surface area contributed by atoms with Crippen LogP contribution in [0.15, 0.2) is 11.5 Å². The summed E-state index contributed by atoms with van der Waals surface area (Å²) in [6.45, 7) is 10.6. The Balaban J connectivity index is 2.32. The van der Waals surface area contributed by atoms with Crippen LogP contribution in [0, 0.1) is 17.3 Å². The Hall–Kier alpha value is -1.22. The van der Waals surface area contributed by atoms with Crippen LogP contribution in [0.1, 0.15) is 85.5 Å². The minimum Gasteiger partial charge on any atom is -0.496 e. The smallest absolute Gasteiger partial charge is 0.231 e. The van der Waals surface area contributed by atoms with Gasteiger partial charge in [-0.15, -0.1) is 0 Å². The van der Waals surface area contributed by atoms with E-state index >= 15 is 0 Å². The van der Waals surface area contributed by atoms with E-state index in [9.17, 15) is 9.18 Å². The number of amides is 1. The van der Waals surface area contributed by atoms with Gasteiger partial charge in [0.05, 0.1) is 24.4 Å². The van der Waals surface area contributed by atoms with E-state index in [1.165, 1.54) is 0 Å². The summed E-state index contributed by atoms with van der Waals surface area (Å²) in [4.78, 5) is 13.7. The van der Waals surface area contributed by atoms with E-state index in [-0.39, 0.29) is 29.8 Å². The number of nitrogens with one attached hydrogen (secondary N) is 3. The van der Waals surface area contributed by atoms with Gasteiger partial charge in [0, 0.05) is 31.6 Å². The van der Waals surface area contributed by atoms with Crippen molar-refractivity contribution in [3.63, 3.8) is 0 Å². The van der Waals surface area contributed by atoms with Crippen molar-refractivity contribution < 1.29 is 13.9 Å². The van der Waals surface area contributed by atoms with Crippen molar-refractivity contribution in [3.05, 3.63) is 11.5 Å². The monoisotopic (exact) mass is 483 g/mol. The van der Waals surface area contributed by atoms with E-state index in [4.69, 9.17) is 16.2 Å². The zero-order valence-corrected chi connectivity index (χ0v) is 21.9. The maximum absolute atomic E-state index is 14.7. The molecule has 0 aliphatic carbocycles. The third-order valence-electron chi connectivity index (χ3n) is 7.53. The second-order valence-corrected chi connectivity index (χ2v) is 10.3. The van der Waals surface area contributed by atoms with Gasteiger partial charge in [0.2, 0.25) is 5.91 Å². The first-order chi connectivity index (χ1) is 16.3. The summed E-state index contributed by atoms with van der Waals surface area (Å²) in [6.07, 6.45) is 6.50. The molecule has 1 fully saturated rings. The lowest BCUT2D eigenvalue weighted by Gasteiger charge is -2.42. The average Bonchev–Trinajstić information content (AvgIpc) is 2.77. The van der Waals surface area contributed by atoms with E-state index in [0.717, 1.165) is 69.4 Å². The quantitative estimate of drug-likeness (QED) is 0.272. The van der Waals surface area contributed by atoms with Gasteiger partial charge in [-0.1, -0.05) is 40.0 Å². The first-order valence-electron chi connectivity index (χ1n) is 13.6. The molecule has 0 saturated carbocycles. The molecule has 8 heteroatoms. The first-order valence-corrected chi connectivity index (χ1v) is 13.6. The number of halogens is 1. The van der Waals surface area contributed by atoms with E-state index in [2.05, 4.69) is 36.7 Å². The minimum atomic E-state index is -0.932. The standard InChI is InChI=1S/C26H50FN5O2/c1-5-9-18-15-30-17-21(23(18)34-8-4)32-25(33)22(24(28)29)20-14-26(11-6-2,12-7-3)13-10-19(27)16-31-20/h18-20,22,24,30-31H,5-17,28-29H2,1-4H3,(H,32,33). The predicted octanol–water partition coefficient (Wildman–Crippen LogP) is 3.30. The highest BCUT2D eigenvalue weighted by atomic mass is 19.1. The zero-order chi connectivity index (χ0) is 25.1. The predicted molar refractivity (Wildman–Crippen MR) is 137 cm³/mol. The minimum absolute atomic E-state index is 0.00624. The lowest BCUT2D eigenvalue weighted by Crippen LogP contribution is -2.59. The normalized spacial score (nSPS) is 26.6. The van der Waals surface area contributed by atoms with Gasteiger partial charge in [-0.25, -0.2) is 4.39 Å². The Bertz CT molecular complexity index is 651. The molecule has 0 spiro atoms. The highest BCUT2D eigenvalue weighted by molar-refractivity contribution is 5.82. The van der Waals surface area contributed by atoms with Crippen LogP contribution in [0.4, 0.5) is 4.39 Å². The van der Waals surface area contributed by atoms with Gasteiger partial charge in [0.25, 0.3) is 0 Å². The molecule has 2 aliphatic rings. The molecule has 0 radical (unpaired) electrons. The van der Waals surface area contributed by atoms with Crippen LogP contribution in [0.3, 0.4) is 0 Å². The van der Waals surface area contributed by atoms with Crippen molar-refractivity contribution in [2.24, 2.45) is 28.7 Å². The molecule has 34 heavy (non-hydrogen) atoms. The zero-order valence-electron chi connectivity index (χ0n) is 21.9. The summed E-state index contributed by atoms with van der Waals surface area (Å²) in [6, 6.07) is -0.282. The second-order valence-electron chi connectivity index (χ2n) is 10.3. The molecular weight excluding hydrogens is 433 g/mol. The van der Waals surface area contributed by atoms with Crippen molar-refractivity contribution in [2.75, 3.05) is 26.2 Å². The summed E-state index contributed by atoms with van der Waals surface area (Å²) in [5.41, 5.74) is 13.2. The summed E-state index contributed by atoms with van der Waals surface area (Å²) < 4.78 is 20.6. The van der Waals surface area contributed by atoms with Gasteiger partial charge in [0.1, 0.15) is 11.9 Å². The molecule has 4 atom stereocenters. The molecule has 4 unspecified atom stereocenters. The maximum Gasteiger partial charge on any atom is 0.231 e. The fraction of sp³-hybridized carbons (Fsp3) is 0.885. The lowest BCUT2D eigenvalue weighted by molar-refractivity contribution is -0.126. The average molecular weight is 484 g/mol. The highest BCUT2D eigenvalue weighted by Gasteiger charge is 2.41. The van der Waals surface area contributed by atoms with Crippen molar-refractivity contribution in [1.29, 1.82) is 0 Å². The van der Waals surface area contributed by atoms with Crippen molar-refractivity contribution in [2.45, 2.75) is 104 Å². The third kappa shape index (κ3) is 7.90. The summed E-state index contributed by atoms with van der Waals surface area (Å²) in [5, 5.41) is 9.87. The maximum atomic E-state index is 14.7. The van der Waals surface area contributed by atoms with Gasteiger partial charge in [-0.2, -0.15) is 0 Å². The first kappa shape index (κ1) is 29.0. The summed E-state index contributed by atoms with van der Waals surface area (Å²) in [5.74, 6) is 0.214. The van der Waals surface area contributed by atoms with Crippen molar-refractivity contribution in [1.82, 2.24) is 16.0 Å². The fourth-order valence-electron chi connectivity index (χ4n) is 6.08. The number of nitrogens with two attached hydrogens (primary N) is 2. The largest absolute Gasteiger partial charge is 0.496 e. The Morgan fingerprint density at radius 1 is 1.18 bits per heavy atom. The topological polar surface area (TPSA) is 114 Å². The molecular formula is C26H50FN5O2. The van der Waals surface area contributed by atoms with Crippen LogP contribution in [-0.4, -0.2) is 50.5 Å². The van der Waals surface area contributed by atoms with Crippen LogP contribution in [0.2, 0.25) is 0 Å². The number of carbonyl (C=O) groups is 1. The van der Waals surface area contributed by atoms with Gasteiger partial charge in [-0.05, 0) is 50.9 Å². The number of hydrogen-bond donors (Lipinski definition) is 5. The highest BCUT2D eigenvalue weighted by Crippen LogP contribution is 2.42. The van der Waals surface area contributed by atoms with Crippen LogP contribution in [0.25, 0.3) is 0 Å². The molecule has 1 amide bonds. The van der Waals surface area contributed by atoms with Crippen LogP contribution in [-0.2, 0) is 9.53 Å². The Morgan fingerprint density at radius 2 is 1.88 bits per heavy atom. The van der Waals surface area contributed by atoms with Gasteiger partial charge >= 0.3 is 0 Å². The summed E-state index contributed by atoms with van der Waals surface area (Å²) in [7, 11) is 0. The molecule has 198 valence electrons. The SMILES string of the molecule is CCCC1CNCC(NC(=O)C(C(N)N)C2CC(CCC)(CCC)CCC(F)CN2)=C1OCC. The second kappa shape index (κ2) is 14.4. The van der Waals surface area contributed by atoms with Gasteiger partial charge in [0.15, 0.2) is 0 Å². The third-order valence-corrected chi connectivity index (χ3v) is 7.53. The van der Waals surface area contributed by atoms with Crippen LogP contribution >= 0.6 is 0 Å². The lowest BCUT2D eigenvalue weighted by atomic mass is 9.68. The molecule has 0 aromatic carbocycles. The molecule has 1 saturated heterocycles. The number of alkyl halides is 1. The number of carbonyl (C=O) groups excluding carboxylic acids is 1. The molecule has 2 heterocycles. The molecule has 0 bridgehead atoms. The van der Waals surface area contributed by atoms with Crippen LogP contribution < -0.4 is 27.4 Å². The molecule has 0 aromatic rings. The Morgan fingerprint density at radius 3 is 2.47 bits per heavy atom.